The third-order valence-electron chi connectivity index (χ3n) is 7.35. The van der Waals surface area contributed by atoms with Crippen LogP contribution in [0.2, 0.25) is 0 Å². The largest absolute Gasteiger partial charge is 0.418 e. The summed E-state index contributed by atoms with van der Waals surface area (Å²) < 4.78 is 47.3. The quantitative estimate of drug-likeness (QED) is 0.536. The summed E-state index contributed by atoms with van der Waals surface area (Å²) in [6, 6.07) is 5.61. The number of nitrogens with zero attached hydrogens (tertiary/aromatic N) is 3. The number of piperazine rings is 1. The Bertz CT molecular complexity index is 1270. The van der Waals surface area contributed by atoms with Crippen LogP contribution in [0.1, 0.15) is 36.1 Å². The Kier molecular flexibility index (Phi) is 7.13. The second-order valence-electron chi connectivity index (χ2n) is 9.70. The van der Waals surface area contributed by atoms with E-state index >= 15 is 0 Å². The molecule has 2 fully saturated rings. The molecule has 12 heteroatoms. The van der Waals surface area contributed by atoms with Crippen LogP contribution in [0.5, 0.6) is 0 Å². The molecular formula is C25H30F3N5O4. The Balaban J connectivity index is 1.08. The van der Waals surface area contributed by atoms with Gasteiger partial charge in [0.25, 0.3) is 5.56 Å². The topological polar surface area (TPSA) is 103 Å². The monoisotopic (exact) mass is 521 g/mol. The first-order valence-electron chi connectivity index (χ1n) is 12.6. The molecule has 3 aliphatic rings. The van der Waals surface area contributed by atoms with Crippen LogP contribution in [-0.2, 0) is 35.1 Å². The lowest BCUT2D eigenvalue weighted by Crippen LogP contribution is -2.48. The number of hydrogen-bond donors (Lipinski definition) is 2. The average molecular weight is 522 g/mol. The molecule has 1 aliphatic carbocycles. The van der Waals surface area contributed by atoms with E-state index in [1.165, 1.54) is 16.7 Å². The smallest absolute Gasteiger partial charge is 0.368 e. The van der Waals surface area contributed by atoms with Gasteiger partial charge in [0.1, 0.15) is 12.3 Å². The maximum atomic E-state index is 13.4. The van der Waals surface area contributed by atoms with Crippen molar-refractivity contribution >= 4 is 11.6 Å². The first-order chi connectivity index (χ1) is 17.7. The van der Waals surface area contributed by atoms with Gasteiger partial charge in [-0.25, -0.2) is 4.79 Å². The Morgan fingerprint density at radius 1 is 1.08 bits per heavy atom. The van der Waals surface area contributed by atoms with E-state index in [4.69, 9.17) is 4.74 Å². The van der Waals surface area contributed by atoms with Gasteiger partial charge in [0.15, 0.2) is 0 Å². The van der Waals surface area contributed by atoms with Crippen molar-refractivity contribution in [2.24, 2.45) is 0 Å². The lowest BCUT2D eigenvalue weighted by molar-refractivity contribution is -0.137. The molecular weight excluding hydrogens is 491 g/mol. The fourth-order valence-electron chi connectivity index (χ4n) is 5.36. The SMILES string of the molecule is O=C(CCn1c2c(c(=O)[nH]c1=O)CCCC2)NCC1OC1N1CCN(c2ccccc2C(F)(F)F)CC1. The zero-order valence-electron chi connectivity index (χ0n) is 20.4. The fourth-order valence-corrected chi connectivity index (χ4v) is 5.36. The number of ether oxygens (including phenoxy) is 1. The molecule has 5 rings (SSSR count). The third-order valence-corrected chi connectivity index (χ3v) is 7.35. The molecule has 0 spiro atoms. The van der Waals surface area contributed by atoms with Crippen LogP contribution < -0.4 is 21.5 Å². The fraction of sp³-hybridized carbons (Fsp3) is 0.560. The molecule has 1 aromatic carbocycles. The van der Waals surface area contributed by atoms with Crippen molar-refractivity contribution in [2.45, 2.75) is 57.2 Å². The van der Waals surface area contributed by atoms with Gasteiger partial charge in [-0.2, -0.15) is 13.2 Å². The predicted octanol–water partition coefficient (Wildman–Crippen LogP) is 1.49. The van der Waals surface area contributed by atoms with Gasteiger partial charge >= 0.3 is 11.9 Å². The van der Waals surface area contributed by atoms with Crippen molar-refractivity contribution in [1.82, 2.24) is 19.8 Å². The Hall–Kier alpha value is -3.12. The highest BCUT2D eigenvalue weighted by Crippen LogP contribution is 2.37. The third kappa shape index (κ3) is 5.59. The van der Waals surface area contributed by atoms with Gasteiger partial charge < -0.3 is 15.0 Å². The molecule has 0 bridgehead atoms. The first-order valence-corrected chi connectivity index (χ1v) is 12.6. The standard InChI is InChI=1S/C25H30F3N5O4/c26-25(27,28)17-6-2-4-8-19(17)31-11-13-32(14-12-31)23-20(37-23)15-29-21(34)9-10-33-18-7-3-1-5-16(18)22(35)30-24(33)36/h2,4,6,8,20,23H,1,3,5,7,9-15H2,(H,29,34)(H,30,35,36). The summed E-state index contributed by atoms with van der Waals surface area (Å²) in [4.78, 5) is 42.9. The number of carbonyl (C=O) groups is 1. The van der Waals surface area contributed by atoms with Gasteiger partial charge in [-0.15, -0.1) is 0 Å². The molecule has 3 heterocycles. The number of carbonyl (C=O) groups excluding carboxylic acids is 1. The average Bonchev–Trinajstić information content (AvgIpc) is 3.67. The van der Waals surface area contributed by atoms with Crippen LogP contribution in [-0.4, -0.2) is 65.4 Å². The number of aromatic nitrogens is 2. The van der Waals surface area contributed by atoms with Crippen molar-refractivity contribution in [1.29, 1.82) is 0 Å². The summed E-state index contributed by atoms with van der Waals surface area (Å²) in [5, 5.41) is 2.84. The van der Waals surface area contributed by atoms with Gasteiger partial charge in [-0.3, -0.25) is 24.0 Å². The van der Waals surface area contributed by atoms with Crippen LogP contribution in [0, 0.1) is 0 Å². The molecule has 2 aromatic rings. The molecule has 1 aromatic heterocycles. The number of fused-ring (bicyclic) bond motifs is 1. The summed E-state index contributed by atoms with van der Waals surface area (Å²) in [5.41, 5.74) is 0.121. The number of halogens is 3. The molecule has 2 N–H and O–H groups in total. The Morgan fingerprint density at radius 3 is 2.57 bits per heavy atom. The summed E-state index contributed by atoms with van der Waals surface area (Å²) in [5.74, 6) is -0.217. The number of hydrogen-bond acceptors (Lipinski definition) is 6. The normalized spacial score (nSPS) is 22.0. The van der Waals surface area contributed by atoms with Gasteiger partial charge in [0.2, 0.25) is 5.91 Å². The van der Waals surface area contributed by atoms with E-state index in [9.17, 15) is 27.6 Å². The number of rotatable bonds is 7. The lowest BCUT2D eigenvalue weighted by atomic mass is 9.97. The maximum absolute atomic E-state index is 13.4. The number of aromatic amines is 1. The first kappa shape index (κ1) is 25.5. The lowest BCUT2D eigenvalue weighted by Gasteiger charge is -2.36. The zero-order chi connectivity index (χ0) is 26.2. The van der Waals surface area contributed by atoms with Gasteiger partial charge in [-0.05, 0) is 37.8 Å². The van der Waals surface area contributed by atoms with Crippen molar-refractivity contribution in [3.05, 3.63) is 61.9 Å². The molecule has 200 valence electrons. The van der Waals surface area contributed by atoms with Crippen LogP contribution in [0.25, 0.3) is 0 Å². The van der Waals surface area contributed by atoms with Crippen molar-refractivity contribution in [2.75, 3.05) is 37.6 Å². The Labute approximate surface area is 211 Å². The van der Waals surface area contributed by atoms with E-state index in [1.54, 1.807) is 11.0 Å². The molecule has 2 aliphatic heterocycles. The van der Waals surface area contributed by atoms with Crippen molar-refractivity contribution in [3.8, 4) is 0 Å². The second kappa shape index (κ2) is 10.3. The van der Waals surface area contributed by atoms with Crippen LogP contribution >= 0.6 is 0 Å². The predicted molar refractivity (Wildman–Crippen MR) is 129 cm³/mol. The summed E-state index contributed by atoms with van der Waals surface area (Å²) in [7, 11) is 0. The van der Waals surface area contributed by atoms with E-state index in [-0.39, 0.29) is 42.5 Å². The highest BCUT2D eigenvalue weighted by molar-refractivity contribution is 5.75. The van der Waals surface area contributed by atoms with E-state index in [2.05, 4.69) is 15.2 Å². The molecule has 0 saturated carbocycles. The van der Waals surface area contributed by atoms with E-state index in [0.29, 0.717) is 51.1 Å². The van der Waals surface area contributed by atoms with E-state index in [1.807, 2.05) is 0 Å². The van der Waals surface area contributed by atoms with Crippen LogP contribution in [0.3, 0.4) is 0 Å². The minimum atomic E-state index is -4.40. The summed E-state index contributed by atoms with van der Waals surface area (Å²) in [6.07, 6.45) is -1.53. The van der Waals surface area contributed by atoms with Crippen molar-refractivity contribution in [3.63, 3.8) is 0 Å². The highest BCUT2D eigenvalue weighted by Gasteiger charge is 2.45. The molecule has 2 atom stereocenters. The van der Waals surface area contributed by atoms with Gasteiger partial charge in [-0.1, -0.05) is 12.1 Å². The molecule has 9 nitrogen and oxygen atoms in total. The maximum Gasteiger partial charge on any atom is 0.418 e. The zero-order valence-corrected chi connectivity index (χ0v) is 20.4. The van der Waals surface area contributed by atoms with Crippen LogP contribution in [0.15, 0.2) is 33.9 Å². The molecule has 0 radical (unpaired) electrons. The number of para-hydroxylation sites is 1. The molecule has 2 unspecified atom stereocenters. The number of epoxide rings is 1. The molecule has 1 amide bonds. The van der Waals surface area contributed by atoms with Gasteiger partial charge in [0, 0.05) is 62.6 Å². The number of H-pyrrole nitrogens is 1. The minimum Gasteiger partial charge on any atom is -0.368 e. The number of amides is 1. The number of benzene rings is 1. The van der Waals surface area contributed by atoms with Crippen molar-refractivity contribution < 1.29 is 22.7 Å². The van der Waals surface area contributed by atoms with E-state index < -0.39 is 17.4 Å². The van der Waals surface area contributed by atoms with Crippen LogP contribution in [0.4, 0.5) is 18.9 Å². The molecule has 37 heavy (non-hydrogen) atoms. The number of alkyl halides is 3. The Morgan fingerprint density at radius 2 is 1.81 bits per heavy atom. The van der Waals surface area contributed by atoms with Gasteiger partial charge in [0.05, 0.1) is 5.56 Å². The second-order valence-corrected chi connectivity index (χ2v) is 9.70. The highest BCUT2D eigenvalue weighted by atomic mass is 19.4. The minimum absolute atomic E-state index is 0.104. The molecule has 2 saturated heterocycles. The summed E-state index contributed by atoms with van der Waals surface area (Å²) >= 11 is 0. The number of anilines is 1. The summed E-state index contributed by atoms with van der Waals surface area (Å²) in [6.45, 7) is 2.52. The number of nitrogens with one attached hydrogen (secondary N) is 2. The van der Waals surface area contributed by atoms with E-state index in [0.717, 1.165) is 24.6 Å².